The van der Waals surface area contributed by atoms with Crippen molar-refractivity contribution >= 4 is 11.9 Å². The second-order valence-corrected chi connectivity index (χ2v) is 3.44. The van der Waals surface area contributed by atoms with Crippen LogP contribution in [0.25, 0.3) is 0 Å². The second-order valence-electron chi connectivity index (χ2n) is 3.44. The van der Waals surface area contributed by atoms with Gasteiger partial charge >= 0.3 is 6.03 Å². The summed E-state index contributed by atoms with van der Waals surface area (Å²) in [6.45, 7) is 1.64. The number of amides is 3. The molecule has 0 bridgehead atoms. The quantitative estimate of drug-likeness (QED) is 0.590. The molecule has 0 radical (unpaired) electrons. The molecule has 74 valence electrons. The fourth-order valence-electron chi connectivity index (χ4n) is 1.43. The first-order valence-electron chi connectivity index (χ1n) is 4.15. The number of imide groups is 1. The molecule has 0 aliphatic carbocycles. The highest BCUT2D eigenvalue weighted by Gasteiger charge is 2.44. The van der Waals surface area contributed by atoms with E-state index in [1.807, 2.05) is 0 Å². The van der Waals surface area contributed by atoms with E-state index in [0.29, 0.717) is 5.56 Å². The van der Waals surface area contributed by atoms with Crippen LogP contribution in [0.5, 0.6) is 0 Å². The number of rotatable bonds is 1. The van der Waals surface area contributed by atoms with Gasteiger partial charge in [-0.2, -0.15) is 5.10 Å². The van der Waals surface area contributed by atoms with Gasteiger partial charge in [0.15, 0.2) is 0 Å². The molecule has 0 saturated carbocycles. The number of hydrogen-bond acceptors (Lipinski definition) is 3. The van der Waals surface area contributed by atoms with E-state index in [-0.39, 0.29) is 5.91 Å². The first-order chi connectivity index (χ1) is 6.52. The molecule has 2 rings (SSSR count). The predicted molar refractivity (Wildman–Crippen MR) is 47.2 cm³/mol. The summed E-state index contributed by atoms with van der Waals surface area (Å²) in [5.41, 5.74) is -0.325. The minimum absolute atomic E-state index is 0.351. The lowest BCUT2D eigenvalue weighted by Gasteiger charge is -2.17. The van der Waals surface area contributed by atoms with Gasteiger partial charge in [0.2, 0.25) is 0 Å². The molecule has 6 heteroatoms. The standard InChI is InChI=1S/C8H10N4O2/c1-8(5-3-9-12(2)4-5)6(13)10-7(14)11-8/h3-4H,1-2H3,(H2,10,11,13,14)/t8-/m1/s1. The van der Waals surface area contributed by atoms with Crippen molar-refractivity contribution < 1.29 is 9.59 Å². The van der Waals surface area contributed by atoms with Crippen LogP contribution in [0.4, 0.5) is 4.79 Å². The van der Waals surface area contributed by atoms with Crippen molar-refractivity contribution in [3.63, 3.8) is 0 Å². The Balaban J connectivity index is 2.42. The van der Waals surface area contributed by atoms with Crippen LogP contribution in [0.3, 0.4) is 0 Å². The highest BCUT2D eigenvalue weighted by Crippen LogP contribution is 2.23. The predicted octanol–water partition coefficient (Wildman–Crippen LogP) is -0.525. The number of hydrogen-bond donors (Lipinski definition) is 2. The maximum Gasteiger partial charge on any atom is 0.322 e. The third-order valence-electron chi connectivity index (χ3n) is 2.33. The smallest absolute Gasteiger partial charge is 0.319 e. The van der Waals surface area contributed by atoms with Gasteiger partial charge in [0.1, 0.15) is 5.54 Å². The van der Waals surface area contributed by atoms with Gasteiger partial charge < -0.3 is 5.32 Å². The molecule has 1 aliphatic heterocycles. The Morgan fingerprint density at radius 3 is 2.64 bits per heavy atom. The summed E-state index contributed by atoms with van der Waals surface area (Å²) in [5, 5.41) is 8.70. The van der Waals surface area contributed by atoms with Crippen molar-refractivity contribution in [1.82, 2.24) is 20.4 Å². The SMILES string of the molecule is Cn1cc([C@@]2(C)NC(=O)NC2=O)cn1. The molecule has 1 fully saturated rings. The van der Waals surface area contributed by atoms with E-state index < -0.39 is 11.6 Å². The van der Waals surface area contributed by atoms with Gasteiger partial charge in [-0.05, 0) is 6.92 Å². The highest BCUT2D eigenvalue weighted by atomic mass is 16.2. The van der Waals surface area contributed by atoms with E-state index in [9.17, 15) is 9.59 Å². The molecule has 1 aromatic heterocycles. The van der Waals surface area contributed by atoms with Crippen LogP contribution in [0.1, 0.15) is 12.5 Å². The van der Waals surface area contributed by atoms with Crippen LogP contribution >= 0.6 is 0 Å². The van der Waals surface area contributed by atoms with Crippen LogP contribution in [0, 0.1) is 0 Å². The zero-order valence-electron chi connectivity index (χ0n) is 7.87. The first kappa shape index (κ1) is 8.74. The molecule has 3 amide bonds. The van der Waals surface area contributed by atoms with Crippen molar-refractivity contribution in [1.29, 1.82) is 0 Å². The largest absolute Gasteiger partial charge is 0.322 e. The van der Waals surface area contributed by atoms with E-state index in [0.717, 1.165) is 0 Å². The van der Waals surface area contributed by atoms with Crippen LogP contribution in [-0.2, 0) is 17.4 Å². The van der Waals surface area contributed by atoms with Crippen LogP contribution in [0.2, 0.25) is 0 Å². The number of urea groups is 1. The molecule has 0 spiro atoms. The first-order valence-corrected chi connectivity index (χ1v) is 4.15. The van der Waals surface area contributed by atoms with Gasteiger partial charge in [0, 0.05) is 18.8 Å². The zero-order valence-corrected chi connectivity index (χ0v) is 7.87. The molecule has 1 saturated heterocycles. The average Bonchev–Trinajstić information content (AvgIpc) is 2.59. The zero-order chi connectivity index (χ0) is 10.3. The lowest BCUT2D eigenvalue weighted by molar-refractivity contribution is -0.123. The van der Waals surface area contributed by atoms with Gasteiger partial charge in [-0.3, -0.25) is 14.8 Å². The summed E-state index contributed by atoms with van der Waals surface area (Å²) in [4.78, 5) is 22.5. The van der Waals surface area contributed by atoms with E-state index in [1.165, 1.54) is 0 Å². The summed E-state index contributed by atoms with van der Waals surface area (Å²) in [5.74, 6) is -0.351. The summed E-state index contributed by atoms with van der Waals surface area (Å²) >= 11 is 0. The maximum absolute atomic E-state index is 11.5. The van der Waals surface area contributed by atoms with Crippen molar-refractivity contribution in [2.24, 2.45) is 7.05 Å². The summed E-state index contributed by atoms with van der Waals surface area (Å²) < 4.78 is 1.58. The summed E-state index contributed by atoms with van der Waals surface area (Å²) in [6, 6.07) is -0.471. The number of aryl methyl sites for hydroxylation is 1. The van der Waals surface area contributed by atoms with Crippen molar-refractivity contribution in [3.05, 3.63) is 18.0 Å². The molecule has 0 aromatic carbocycles. The van der Waals surface area contributed by atoms with Crippen LogP contribution in [0.15, 0.2) is 12.4 Å². The Labute approximate surface area is 80.3 Å². The summed E-state index contributed by atoms with van der Waals surface area (Å²) in [7, 11) is 1.75. The molecule has 6 nitrogen and oxygen atoms in total. The van der Waals surface area contributed by atoms with Crippen molar-refractivity contribution in [2.45, 2.75) is 12.5 Å². The molecular formula is C8H10N4O2. The lowest BCUT2D eigenvalue weighted by atomic mass is 9.96. The van der Waals surface area contributed by atoms with Crippen molar-refractivity contribution in [3.8, 4) is 0 Å². The van der Waals surface area contributed by atoms with Gasteiger partial charge in [0.25, 0.3) is 5.91 Å². The summed E-state index contributed by atoms with van der Waals surface area (Å²) in [6.07, 6.45) is 3.26. The minimum atomic E-state index is -0.995. The van der Waals surface area contributed by atoms with Gasteiger partial charge in [-0.1, -0.05) is 0 Å². The molecule has 2 N–H and O–H groups in total. The van der Waals surface area contributed by atoms with Gasteiger partial charge in [-0.25, -0.2) is 4.79 Å². The number of aromatic nitrogens is 2. The third-order valence-corrected chi connectivity index (χ3v) is 2.33. The van der Waals surface area contributed by atoms with Crippen LogP contribution in [-0.4, -0.2) is 21.7 Å². The van der Waals surface area contributed by atoms with E-state index in [4.69, 9.17) is 0 Å². The van der Waals surface area contributed by atoms with Gasteiger partial charge in [0.05, 0.1) is 6.20 Å². The lowest BCUT2D eigenvalue weighted by Crippen LogP contribution is -2.40. The number of carbonyl (C=O) groups is 2. The molecular weight excluding hydrogens is 184 g/mol. The molecule has 0 unspecified atom stereocenters. The fraction of sp³-hybridized carbons (Fsp3) is 0.375. The highest BCUT2D eigenvalue weighted by molar-refractivity contribution is 6.07. The fourth-order valence-corrected chi connectivity index (χ4v) is 1.43. The second kappa shape index (κ2) is 2.57. The normalized spacial score (nSPS) is 26.1. The molecule has 1 aromatic rings. The average molecular weight is 194 g/mol. The van der Waals surface area contributed by atoms with E-state index >= 15 is 0 Å². The van der Waals surface area contributed by atoms with Gasteiger partial charge in [-0.15, -0.1) is 0 Å². The molecule has 1 atom stereocenters. The van der Waals surface area contributed by atoms with E-state index in [2.05, 4.69) is 15.7 Å². The number of carbonyl (C=O) groups excluding carboxylic acids is 2. The Hall–Kier alpha value is -1.85. The van der Waals surface area contributed by atoms with Crippen molar-refractivity contribution in [2.75, 3.05) is 0 Å². The van der Waals surface area contributed by atoms with E-state index in [1.54, 1.807) is 31.0 Å². The van der Waals surface area contributed by atoms with Crippen LogP contribution < -0.4 is 10.6 Å². The Bertz CT molecular complexity index is 411. The maximum atomic E-state index is 11.5. The molecule has 14 heavy (non-hydrogen) atoms. The third kappa shape index (κ3) is 1.07. The molecule has 1 aliphatic rings. The minimum Gasteiger partial charge on any atom is -0.319 e. The topological polar surface area (TPSA) is 76.0 Å². The number of nitrogens with zero attached hydrogens (tertiary/aromatic N) is 2. The number of nitrogens with one attached hydrogen (secondary N) is 2. The Morgan fingerprint density at radius 1 is 1.50 bits per heavy atom. The molecule has 2 heterocycles. The monoisotopic (exact) mass is 194 g/mol. The Kier molecular flexibility index (Phi) is 1.60. The Morgan fingerprint density at radius 2 is 2.21 bits per heavy atom.